The van der Waals surface area contributed by atoms with Crippen LogP contribution in [0.5, 0.6) is 17.2 Å². The fourth-order valence-corrected chi connectivity index (χ4v) is 4.87. The fraction of sp³-hybridized carbons (Fsp3) is 0.0968. The summed E-state index contributed by atoms with van der Waals surface area (Å²) in [6.07, 6.45) is 13.3. The van der Waals surface area contributed by atoms with E-state index in [2.05, 4.69) is 10.2 Å². The van der Waals surface area contributed by atoms with Crippen molar-refractivity contribution in [3.05, 3.63) is 116 Å². The topological polar surface area (TPSA) is 78.9 Å². The lowest BCUT2D eigenvalue weighted by Crippen LogP contribution is -2.19. The Hall–Kier alpha value is -3.91. The van der Waals surface area contributed by atoms with Gasteiger partial charge in [-0.1, -0.05) is 30.4 Å². The summed E-state index contributed by atoms with van der Waals surface area (Å²) in [5.74, 6) is 1.46. The molecule has 1 heterocycles. The minimum absolute atomic E-state index is 0. The van der Waals surface area contributed by atoms with E-state index < -0.39 is 9.84 Å². The second kappa shape index (κ2) is 13.4. The Labute approximate surface area is 247 Å². The SMILES string of the molecule is CS(=O)(=O)c1ccc(-c2ccc3cc(O)ccc3c2Oc2ccc(NCCN3C=CC=CC=C3)cc2)cc1.Cl.Cl. The minimum atomic E-state index is -3.30. The lowest BCUT2D eigenvalue weighted by molar-refractivity contribution is 0.475. The first-order chi connectivity index (χ1) is 18.4. The quantitative estimate of drug-likeness (QED) is 0.218. The molecule has 2 N–H and O–H groups in total. The van der Waals surface area contributed by atoms with Crippen molar-refractivity contribution in [3.8, 4) is 28.4 Å². The van der Waals surface area contributed by atoms with E-state index in [-0.39, 0.29) is 35.5 Å². The zero-order chi connectivity index (χ0) is 26.5. The number of anilines is 1. The van der Waals surface area contributed by atoms with Crippen LogP contribution < -0.4 is 10.1 Å². The van der Waals surface area contributed by atoms with Gasteiger partial charge in [0.15, 0.2) is 9.84 Å². The highest BCUT2D eigenvalue weighted by molar-refractivity contribution is 7.90. The van der Waals surface area contributed by atoms with Gasteiger partial charge in [-0.15, -0.1) is 24.8 Å². The summed E-state index contributed by atoms with van der Waals surface area (Å²) in [5, 5.41) is 15.1. The number of aromatic hydroxyl groups is 1. The lowest BCUT2D eigenvalue weighted by atomic mass is 9.99. The number of ether oxygens (including phenoxy) is 1. The molecule has 0 atom stereocenters. The summed E-state index contributed by atoms with van der Waals surface area (Å²) in [4.78, 5) is 2.38. The van der Waals surface area contributed by atoms with Crippen molar-refractivity contribution in [2.75, 3.05) is 24.7 Å². The molecule has 0 saturated carbocycles. The van der Waals surface area contributed by atoms with E-state index >= 15 is 0 Å². The molecule has 6 nitrogen and oxygen atoms in total. The van der Waals surface area contributed by atoms with E-state index in [1.807, 2.05) is 79.2 Å². The van der Waals surface area contributed by atoms with Gasteiger partial charge in [-0.25, -0.2) is 8.42 Å². The zero-order valence-corrected chi connectivity index (χ0v) is 24.2. The Kier molecular flexibility index (Phi) is 10.3. The summed E-state index contributed by atoms with van der Waals surface area (Å²) < 4.78 is 30.3. The van der Waals surface area contributed by atoms with Crippen molar-refractivity contribution in [2.45, 2.75) is 4.90 Å². The highest BCUT2D eigenvalue weighted by Gasteiger charge is 2.14. The number of halogens is 2. The van der Waals surface area contributed by atoms with Gasteiger partial charge < -0.3 is 20.1 Å². The number of nitrogens with zero attached hydrogens (tertiary/aromatic N) is 1. The Morgan fingerprint density at radius 2 is 1.50 bits per heavy atom. The highest BCUT2D eigenvalue weighted by atomic mass is 35.5. The number of hydrogen-bond donors (Lipinski definition) is 2. The number of sulfone groups is 1. The standard InChI is InChI=1S/C31H28N2O4S.2ClH/c1-38(35,36)28-14-6-23(7-15-28)29-16-8-24-22-26(34)11-17-30(24)31(29)37-27-12-9-25(10-13-27)32-18-21-33-19-4-2-3-5-20-33;;/h2-17,19-20,22,32,34H,18,21H2,1H3;2*1H. The molecule has 4 aromatic rings. The Bertz CT molecular complexity index is 1630. The number of nitrogens with one attached hydrogen (secondary N) is 1. The molecule has 0 amide bonds. The monoisotopic (exact) mass is 596 g/mol. The number of phenolic OH excluding ortho intramolecular Hbond substituents is 1. The third-order valence-corrected chi connectivity index (χ3v) is 7.34. The first kappa shape index (κ1) is 30.6. The number of benzene rings is 4. The average Bonchev–Trinajstić information content (AvgIpc) is 3.18. The van der Waals surface area contributed by atoms with Crippen LogP contribution >= 0.6 is 24.8 Å². The van der Waals surface area contributed by atoms with Gasteiger partial charge in [-0.3, -0.25) is 0 Å². The lowest BCUT2D eigenvalue weighted by Gasteiger charge is -2.17. The van der Waals surface area contributed by atoms with Crippen LogP contribution in [0.2, 0.25) is 0 Å². The number of phenols is 1. The smallest absolute Gasteiger partial charge is 0.175 e. The molecule has 1 aliphatic heterocycles. The number of rotatable bonds is 8. The second-order valence-electron chi connectivity index (χ2n) is 9.00. The fourth-order valence-electron chi connectivity index (χ4n) is 4.24. The molecule has 0 bridgehead atoms. The molecule has 0 unspecified atom stereocenters. The van der Waals surface area contributed by atoms with E-state index in [1.165, 1.54) is 6.26 Å². The summed E-state index contributed by atoms with van der Waals surface area (Å²) in [5.41, 5.74) is 2.63. The van der Waals surface area contributed by atoms with Crippen molar-refractivity contribution in [1.82, 2.24) is 4.90 Å². The van der Waals surface area contributed by atoms with Crippen LogP contribution in [-0.4, -0.2) is 37.8 Å². The Morgan fingerprint density at radius 1 is 0.825 bits per heavy atom. The van der Waals surface area contributed by atoms with Crippen LogP contribution in [0, 0.1) is 0 Å². The van der Waals surface area contributed by atoms with Crippen molar-refractivity contribution < 1.29 is 18.3 Å². The van der Waals surface area contributed by atoms with Crippen LogP contribution in [0.15, 0.2) is 120 Å². The predicted molar refractivity (Wildman–Crippen MR) is 168 cm³/mol. The largest absolute Gasteiger partial charge is 0.508 e. The number of fused-ring (bicyclic) bond motifs is 1. The summed E-state index contributed by atoms with van der Waals surface area (Å²) in [6.45, 7) is 1.60. The van der Waals surface area contributed by atoms with Crippen LogP contribution in [-0.2, 0) is 9.84 Å². The molecule has 40 heavy (non-hydrogen) atoms. The average molecular weight is 598 g/mol. The molecular weight excluding hydrogens is 567 g/mol. The summed E-state index contributed by atoms with van der Waals surface area (Å²) in [6, 6.07) is 23.5. The molecule has 0 aromatic heterocycles. The molecule has 1 aliphatic rings. The first-order valence-corrected chi connectivity index (χ1v) is 14.1. The molecule has 0 saturated heterocycles. The molecule has 0 aliphatic carbocycles. The zero-order valence-electron chi connectivity index (χ0n) is 21.7. The van der Waals surface area contributed by atoms with Gasteiger partial charge in [0.05, 0.1) is 4.90 Å². The maximum absolute atomic E-state index is 11.9. The molecule has 0 fully saturated rings. The van der Waals surface area contributed by atoms with Crippen LogP contribution in [0.1, 0.15) is 0 Å². The maximum Gasteiger partial charge on any atom is 0.175 e. The Balaban J connectivity index is 0.00000220. The molecule has 9 heteroatoms. The van der Waals surface area contributed by atoms with Crippen LogP contribution in [0.25, 0.3) is 21.9 Å². The molecule has 208 valence electrons. The molecular formula is C31H30Cl2N2O4S. The maximum atomic E-state index is 11.9. The molecule has 0 radical (unpaired) electrons. The van der Waals surface area contributed by atoms with Gasteiger partial charge >= 0.3 is 0 Å². The third-order valence-electron chi connectivity index (χ3n) is 6.21. The van der Waals surface area contributed by atoms with E-state index in [9.17, 15) is 13.5 Å². The van der Waals surface area contributed by atoms with E-state index in [0.29, 0.717) is 11.5 Å². The number of hydrogen-bond acceptors (Lipinski definition) is 6. The van der Waals surface area contributed by atoms with Crippen molar-refractivity contribution >= 4 is 51.1 Å². The normalized spacial score (nSPS) is 12.4. The van der Waals surface area contributed by atoms with Crippen molar-refractivity contribution in [3.63, 3.8) is 0 Å². The summed E-state index contributed by atoms with van der Waals surface area (Å²) in [7, 11) is -3.30. The predicted octanol–water partition coefficient (Wildman–Crippen LogP) is 7.56. The van der Waals surface area contributed by atoms with Gasteiger partial charge in [0, 0.05) is 48.4 Å². The van der Waals surface area contributed by atoms with Crippen molar-refractivity contribution in [2.24, 2.45) is 0 Å². The Morgan fingerprint density at radius 3 is 2.15 bits per heavy atom. The summed E-state index contributed by atoms with van der Waals surface area (Å²) >= 11 is 0. The number of allylic oxidation sites excluding steroid dienone is 4. The van der Waals surface area contributed by atoms with Gasteiger partial charge in [-0.05, 0) is 83.8 Å². The van der Waals surface area contributed by atoms with Gasteiger partial charge in [0.25, 0.3) is 0 Å². The van der Waals surface area contributed by atoms with Crippen LogP contribution in [0.4, 0.5) is 5.69 Å². The third kappa shape index (κ3) is 7.39. The minimum Gasteiger partial charge on any atom is -0.508 e. The highest BCUT2D eigenvalue weighted by Crippen LogP contribution is 2.41. The van der Waals surface area contributed by atoms with Gasteiger partial charge in [-0.2, -0.15) is 0 Å². The molecule has 5 rings (SSSR count). The van der Waals surface area contributed by atoms with E-state index in [4.69, 9.17) is 4.74 Å². The van der Waals surface area contributed by atoms with Crippen LogP contribution in [0.3, 0.4) is 0 Å². The molecule has 0 spiro atoms. The molecule has 4 aromatic carbocycles. The van der Waals surface area contributed by atoms with Crippen molar-refractivity contribution in [1.29, 1.82) is 0 Å². The second-order valence-corrected chi connectivity index (χ2v) is 11.0. The first-order valence-electron chi connectivity index (χ1n) is 12.2. The van der Waals surface area contributed by atoms with E-state index in [1.54, 1.807) is 36.4 Å². The van der Waals surface area contributed by atoms with Gasteiger partial charge in [0.2, 0.25) is 0 Å². The van der Waals surface area contributed by atoms with E-state index in [0.717, 1.165) is 40.7 Å². The van der Waals surface area contributed by atoms with Gasteiger partial charge in [0.1, 0.15) is 17.2 Å².